The number of carboxylic acid groups (broad SMARTS) is 1. The molecule has 1 aliphatic carbocycles. The molecule has 174 valence electrons. The zero-order chi connectivity index (χ0) is 24.0. The first kappa shape index (κ1) is 24.0. The van der Waals surface area contributed by atoms with Gasteiger partial charge in [0.1, 0.15) is 18.7 Å². The number of amides is 2. The Morgan fingerprint density at radius 2 is 1.61 bits per heavy atom. The molecule has 0 aliphatic heterocycles. The number of ether oxygens (including phenoxy) is 1. The quantitative estimate of drug-likeness (QED) is 0.473. The Labute approximate surface area is 193 Å². The molecule has 33 heavy (non-hydrogen) atoms. The minimum atomic E-state index is -1.13. The molecule has 3 N–H and O–H groups in total. The van der Waals surface area contributed by atoms with Crippen molar-refractivity contribution in [3.63, 3.8) is 0 Å². The van der Waals surface area contributed by atoms with E-state index in [9.17, 15) is 19.5 Å². The number of fused-ring (bicyclic) bond motifs is 3. The molecule has 2 aromatic rings. The maximum absolute atomic E-state index is 12.7. The lowest BCUT2D eigenvalue weighted by Gasteiger charge is -2.24. The Morgan fingerprint density at radius 1 is 1.03 bits per heavy atom. The van der Waals surface area contributed by atoms with E-state index in [0.29, 0.717) is 6.42 Å². The molecule has 2 amide bonds. The molecule has 0 saturated heterocycles. The molecule has 0 heterocycles. The van der Waals surface area contributed by atoms with Crippen LogP contribution < -0.4 is 10.6 Å². The first-order chi connectivity index (χ1) is 15.8. The van der Waals surface area contributed by atoms with Gasteiger partial charge < -0.3 is 20.5 Å². The van der Waals surface area contributed by atoms with Crippen LogP contribution in [0.2, 0.25) is 0 Å². The summed E-state index contributed by atoms with van der Waals surface area (Å²) >= 11 is 0. The van der Waals surface area contributed by atoms with E-state index in [-0.39, 0.29) is 24.9 Å². The maximum atomic E-state index is 12.7. The molecule has 0 aromatic heterocycles. The fourth-order valence-electron chi connectivity index (χ4n) is 4.11. The Morgan fingerprint density at radius 3 is 2.12 bits per heavy atom. The zero-order valence-electron chi connectivity index (χ0n) is 18.9. The first-order valence-corrected chi connectivity index (χ1v) is 11.1. The second-order valence-electron chi connectivity index (χ2n) is 8.46. The smallest absolute Gasteiger partial charge is 0.407 e. The Balaban J connectivity index is 1.64. The first-order valence-electron chi connectivity index (χ1n) is 11.1. The number of hydrogen-bond acceptors (Lipinski definition) is 4. The number of carbonyl (C=O) groups excluding carboxylic acids is 2. The van der Waals surface area contributed by atoms with Crippen molar-refractivity contribution in [1.29, 1.82) is 0 Å². The highest BCUT2D eigenvalue weighted by Gasteiger charge is 2.31. The predicted molar refractivity (Wildman–Crippen MR) is 126 cm³/mol. The van der Waals surface area contributed by atoms with Crippen LogP contribution >= 0.6 is 0 Å². The van der Waals surface area contributed by atoms with Crippen LogP contribution in [0.15, 0.2) is 61.2 Å². The molecular formula is C26H30N2O5. The summed E-state index contributed by atoms with van der Waals surface area (Å²) < 4.78 is 5.53. The zero-order valence-corrected chi connectivity index (χ0v) is 18.9. The van der Waals surface area contributed by atoms with E-state index in [4.69, 9.17) is 4.74 Å². The third kappa shape index (κ3) is 5.61. The van der Waals surface area contributed by atoms with E-state index in [0.717, 1.165) is 22.3 Å². The van der Waals surface area contributed by atoms with Gasteiger partial charge in [-0.2, -0.15) is 0 Å². The number of carboxylic acids is 1. The fourth-order valence-corrected chi connectivity index (χ4v) is 4.11. The molecule has 2 aromatic carbocycles. The SMILES string of the molecule is C=CCCC(NC(=O)[C@@H](NC(=O)OCC1c2ccccc2-c2ccccc21)C(C)C)C(=O)O. The summed E-state index contributed by atoms with van der Waals surface area (Å²) in [6, 6.07) is 14.1. The largest absolute Gasteiger partial charge is 0.480 e. The summed E-state index contributed by atoms with van der Waals surface area (Å²) in [5, 5.41) is 14.5. The van der Waals surface area contributed by atoms with Crippen LogP contribution in [0.3, 0.4) is 0 Å². The second-order valence-corrected chi connectivity index (χ2v) is 8.46. The minimum absolute atomic E-state index is 0.0928. The number of benzene rings is 2. The maximum Gasteiger partial charge on any atom is 0.407 e. The van der Waals surface area contributed by atoms with Crippen molar-refractivity contribution in [3.05, 3.63) is 72.3 Å². The van der Waals surface area contributed by atoms with Gasteiger partial charge in [-0.1, -0.05) is 68.5 Å². The predicted octanol–water partition coefficient (Wildman–Crippen LogP) is 4.09. The summed E-state index contributed by atoms with van der Waals surface area (Å²) in [4.78, 5) is 36.8. The van der Waals surface area contributed by atoms with Crippen LogP contribution in [0.4, 0.5) is 4.79 Å². The van der Waals surface area contributed by atoms with E-state index in [1.54, 1.807) is 19.9 Å². The van der Waals surface area contributed by atoms with Crippen molar-refractivity contribution in [2.24, 2.45) is 5.92 Å². The Kier molecular flexibility index (Phi) is 7.87. The van der Waals surface area contributed by atoms with Gasteiger partial charge in [0.15, 0.2) is 0 Å². The molecule has 1 aliphatic rings. The normalized spacial score (nSPS) is 14.0. The highest BCUT2D eigenvalue weighted by molar-refractivity contribution is 5.89. The number of rotatable bonds is 10. The Hall–Kier alpha value is -3.61. The molecule has 3 rings (SSSR count). The average Bonchev–Trinajstić information content (AvgIpc) is 3.12. The van der Waals surface area contributed by atoms with E-state index in [1.807, 2.05) is 36.4 Å². The van der Waals surface area contributed by atoms with Gasteiger partial charge in [-0.15, -0.1) is 6.58 Å². The number of hydrogen-bond donors (Lipinski definition) is 3. The number of alkyl carbamates (subject to hydrolysis) is 1. The minimum Gasteiger partial charge on any atom is -0.480 e. The molecule has 0 spiro atoms. The molecule has 7 nitrogen and oxygen atoms in total. The van der Waals surface area contributed by atoms with Crippen molar-refractivity contribution in [2.45, 2.75) is 44.7 Å². The van der Waals surface area contributed by atoms with Crippen molar-refractivity contribution < 1.29 is 24.2 Å². The number of carbonyl (C=O) groups is 3. The van der Waals surface area contributed by atoms with Crippen molar-refractivity contribution in [3.8, 4) is 11.1 Å². The number of allylic oxidation sites excluding steroid dienone is 1. The van der Waals surface area contributed by atoms with Crippen molar-refractivity contribution >= 4 is 18.0 Å². The van der Waals surface area contributed by atoms with Gasteiger partial charge >= 0.3 is 12.1 Å². The molecule has 0 radical (unpaired) electrons. The highest BCUT2D eigenvalue weighted by Crippen LogP contribution is 2.44. The lowest BCUT2D eigenvalue weighted by Crippen LogP contribution is -2.53. The van der Waals surface area contributed by atoms with Crippen LogP contribution in [0.25, 0.3) is 11.1 Å². The van der Waals surface area contributed by atoms with Gasteiger partial charge in [0.05, 0.1) is 0 Å². The van der Waals surface area contributed by atoms with Crippen LogP contribution in [-0.2, 0) is 14.3 Å². The summed E-state index contributed by atoms with van der Waals surface area (Å²) in [7, 11) is 0. The fraction of sp³-hybridized carbons (Fsp3) is 0.346. The molecule has 0 saturated carbocycles. The van der Waals surface area contributed by atoms with Crippen LogP contribution in [0.5, 0.6) is 0 Å². The Bertz CT molecular complexity index is 987. The van der Waals surface area contributed by atoms with E-state index >= 15 is 0 Å². The summed E-state index contributed by atoms with van der Waals surface area (Å²) in [5.41, 5.74) is 4.44. The standard InChI is InChI=1S/C26H30N2O5/c1-4-5-14-22(25(30)31)27-24(29)23(16(2)3)28-26(32)33-15-21-19-12-8-6-10-17(19)18-11-7-9-13-20(18)21/h4,6-13,16,21-23H,1,5,14-15H2,2-3H3,(H,27,29)(H,28,32)(H,30,31)/t22?,23-/m0/s1. The van der Waals surface area contributed by atoms with Gasteiger partial charge in [0, 0.05) is 5.92 Å². The molecule has 7 heteroatoms. The van der Waals surface area contributed by atoms with Crippen molar-refractivity contribution in [1.82, 2.24) is 10.6 Å². The average molecular weight is 451 g/mol. The third-order valence-electron chi connectivity index (χ3n) is 5.84. The van der Waals surface area contributed by atoms with Crippen molar-refractivity contribution in [2.75, 3.05) is 6.61 Å². The van der Waals surface area contributed by atoms with E-state index in [2.05, 4.69) is 29.3 Å². The lowest BCUT2D eigenvalue weighted by molar-refractivity contribution is -0.142. The molecule has 1 unspecified atom stereocenters. The second kappa shape index (κ2) is 10.8. The number of aliphatic carboxylic acids is 1. The van der Waals surface area contributed by atoms with Crippen LogP contribution in [-0.4, -0.2) is 41.8 Å². The van der Waals surface area contributed by atoms with E-state index < -0.39 is 30.1 Å². The van der Waals surface area contributed by atoms with Gasteiger partial charge in [-0.25, -0.2) is 9.59 Å². The molecule has 0 fully saturated rings. The van der Waals surface area contributed by atoms with Gasteiger partial charge in [-0.05, 0) is 41.0 Å². The van der Waals surface area contributed by atoms with E-state index in [1.165, 1.54) is 0 Å². The monoisotopic (exact) mass is 450 g/mol. The summed E-state index contributed by atoms with van der Waals surface area (Å²) in [6.07, 6.45) is 1.55. The third-order valence-corrected chi connectivity index (χ3v) is 5.84. The van der Waals surface area contributed by atoms with Gasteiger partial charge in [0.25, 0.3) is 0 Å². The lowest BCUT2D eigenvalue weighted by atomic mass is 9.98. The molecular weight excluding hydrogens is 420 g/mol. The summed E-state index contributed by atoms with van der Waals surface area (Å²) in [6.45, 7) is 7.25. The number of nitrogens with one attached hydrogen (secondary N) is 2. The van der Waals surface area contributed by atoms with Gasteiger partial charge in [0.2, 0.25) is 5.91 Å². The molecule has 2 atom stereocenters. The van der Waals surface area contributed by atoms with Gasteiger partial charge in [-0.3, -0.25) is 4.79 Å². The van der Waals surface area contributed by atoms with Crippen LogP contribution in [0, 0.1) is 5.92 Å². The van der Waals surface area contributed by atoms with Crippen LogP contribution in [0.1, 0.15) is 43.7 Å². The summed E-state index contributed by atoms with van der Waals surface area (Å²) in [5.74, 6) is -2.05. The highest BCUT2D eigenvalue weighted by atomic mass is 16.5. The molecule has 0 bridgehead atoms. The topological polar surface area (TPSA) is 105 Å².